The molecule has 1 aliphatic carbocycles. The molecule has 2 amide bonds. The Balaban J connectivity index is 2.02. The van der Waals surface area contributed by atoms with Crippen LogP contribution in [0.2, 0.25) is 0 Å². The average molecular weight is 254 g/mol. The van der Waals surface area contributed by atoms with Gasteiger partial charge in [0.2, 0.25) is 11.8 Å². The van der Waals surface area contributed by atoms with Crippen LogP contribution in [-0.2, 0) is 14.4 Å². The maximum absolute atomic E-state index is 12.2. The van der Waals surface area contributed by atoms with E-state index in [0.717, 1.165) is 6.42 Å². The lowest BCUT2D eigenvalue weighted by Crippen LogP contribution is -2.46. The molecule has 0 aromatic rings. The second kappa shape index (κ2) is 4.59. The van der Waals surface area contributed by atoms with Gasteiger partial charge in [0.25, 0.3) is 0 Å². The highest BCUT2D eigenvalue weighted by Gasteiger charge is 2.51. The summed E-state index contributed by atoms with van der Waals surface area (Å²) in [5.74, 6) is -2.12. The topological polar surface area (TPSA) is 77.9 Å². The number of carboxylic acids is 1. The Kier molecular flexibility index (Phi) is 3.28. The first kappa shape index (κ1) is 12.9. The van der Waals surface area contributed by atoms with E-state index in [1.807, 2.05) is 0 Å². The minimum atomic E-state index is -0.914. The summed E-state index contributed by atoms with van der Waals surface area (Å²) in [5, 5.41) is 8.83. The number of amides is 2. The van der Waals surface area contributed by atoms with E-state index in [2.05, 4.69) is 0 Å². The molecule has 1 N–H and O–H groups in total. The van der Waals surface area contributed by atoms with Crippen molar-refractivity contribution in [3.05, 3.63) is 0 Å². The largest absolute Gasteiger partial charge is 0.481 e. The fourth-order valence-electron chi connectivity index (χ4n) is 2.54. The first-order chi connectivity index (χ1) is 8.43. The van der Waals surface area contributed by atoms with Gasteiger partial charge in [0.05, 0.1) is 11.8 Å². The second-order valence-electron chi connectivity index (χ2n) is 5.21. The lowest BCUT2D eigenvalue weighted by Gasteiger charge is -2.26. The fraction of sp³-hybridized carbons (Fsp3) is 0.750. The van der Waals surface area contributed by atoms with Gasteiger partial charge in [-0.3, -0.25) is 14.4 Å². The number of carbonyl (C=O) groups excluding carboxylic acids is 2. The first-order valence-electron chi connectivity index (χ1n) is 6.18. The molecule has 0 bridgehead atoms. The van der Waals surface area contributed by atoms with Crippen LogP contribution < -0.4 is 0 Å². The van der Waals surface area contributed by atoms with Crippen molar-refractivity contribution in [2.24, 2.45) is 11.8 Å². The normalized spacial score (nSPS) is 30.1. The van der Waals surface area contributed by atoms with E-state index < -0.39 is 23.8 Å². The van der Waals surface area contributed by atoms with E-state index in [4.69, 9.17) is 5.11 Å². The third-order valence-corrected chi connectivity index (χ3v) is 3.69. The quantitative estimate of drug-likeness (QED) is 0.755. The van der Waals surface area contributed by atoms with Crippen LogP contribution in [0.1, 0.15) is 19.3 Å². The zero-order chi connectivity index (χ0) is 13.4. The summed E-state index contributed by atoms with van der Waals surface area (Å²) in [6.45, 7) is 0.561. The number of nitrogens with zero attached hydrogens (tertiary/aromatic N) is 2. The van der Waals surface area contributed by atoms with Gasteiger partial charge in [0.15, 0.2) is 0 Å². The van der Waals surface area contributed by atoms with E-state index in [0.29, 0.717) is 19.4 Å². The first-order valence-corrected chi connectivity index (χ1v) is 6.18. The molecule has 3 atom stereocenters. The molecule has 0 aromatic carbocycles. The highest BCUT2D eigenvalue weighted by molar-refractivity contribution is 5.93. The predicted octanol–water partition coefficient (Wildman–Crippen LogP) is -0.214. The molecule has 2 rings (SSSR count). The van der Waals surface area contributed by atoms with Crippen molar-refractivity contribution in [1.29, 1.82) is 0 Å². The summed E-state index contributed by atoms with van der Waals surface area (Å²) in [4.78, 5) is 37.9. The maximum atomic E-state index is 12.2. The van der Waals surface area contributed by atoms with Gasteiger partial charge in [-0.2, -0.15) is 0 Å². The van der Waals surface area contributed by atoms with Crippen LogP contribution in [0.25, 0.3) is 0 Å². The number of carboxylic acid groups (broad SMARTS) is 1. The molecule has 6 heteroatoms. The van der Waals surface area contributed by atoms with E-state index in [1.165, 1.54) is 4.90 Å². The Bertz CT molecular complexity index is 394. The standard InChI is InChI=1S/C12H18N2O4/c1-13(2)11(16)9-4-3-5-14(9)10(15)7-6-8(7)12(17)18/h7-9H,3-6H2,1-2H3,(H,17,18)/t7-,8+,9?/m1/s1. The molecular formula is C12H18N2O4. The molecule has 0 radical (unpaired) electrons. The fourth-order valence-corrected chi connectivity index (χ4v) is 2.54. The van der Waals surface area contributed by atoms with Gasteiger partial charge >= 0.3 is 5.97 Å². The second-order valence-corrected chi connectivity index (χ2v) is 5.21. The number of likely N-dealkylation sites (tertiary alicyclic amines) is 1. The van der Waals surface area contributed by atoms with Crippen LogP contribution in [0.15, 0.2) is 0 Å². The van der Waals surface area contributed by atoms with Crippen molar-refractivity contribution >= 4 is 17.8 Å². The lowest BCUT2D eigenvalue weighted by molar-refractivity contribution is -0.145. The molecule has 100 valence electrons. The summed E-state index contributed by atoms with van der Waals surface area (Å²) in [5.41, 5.74) is 0. The number of hydrogen-bond acceptors (Lipinski definition) is 3. The van der Waals surface area contributed by atoms with Crippen molar-refractivity contribution in [3.63, 3.8) is 0 Å². The Labute approximate surface area is 106 Å². The molecular weight excluding hydrogens is 236 g/mol. The van der Waals surface area contributed by atoms with Crippen LogP contribution in [0.4, 0.5) is 0 Å². The molecule has 1 unspecified atom stereocenters. The van der Waals surface area contributed by atoms with E-state index in [-0.39, 0.29) is 11.8 Å². The third kappa shape index (κ3) is 2.19. The molecule has 18 heavy (non-hydrogen) atoms. The SMILES string of the molecule is CN(C)C(=O)C1CCCN1C(=O)[C@@H]1C[C@@H]1C(=O)O. The minimum absolute atomic E-state index is 0.0756. The highest BCUT2D eigenvalue weighted by Crippen LogP contribution is 2.41. The number of rotatable bonds is 3. The molecule has 1 saturated heterocycles. The van der Waals surface area contributed by atoms with Gasteiger partial charge in [-0.05, 0) is 19.3 Å². The van der Waals surface area contributed by atoms with Gasteiger partial charge in [-0.1, -0.05) is 0 Å². The number of likely N-dealkylation sites (N-methyl/N-ethyl adjacent to an activating group) is 1. The lowest BCUT2D eigenvalue weighted by atomic mass is 10.2. The van der Waals surface area contributed by atoms with Crippen LogP contribution in [-0.4, -0.2) is 59.4 Å². The average Bonchev–Trinajstić information content (AvgIpc) is 2.97. The van der Waals surface area contributed by atoms with Gasteiger partial charge in [0, 0.05) is 20.6 Å². The maximum Gasteiger partial charge on any atom is 0.307 e. The van der Waals surface area contributed by atoms with Gasteiger partial charge in [0.1, 0.15) is 6.04 Å². The highest BCUT2D eigenvalue weighted by atomic mass is 16.4. The zero-order valence-corrected chi connectivity index (χ0v) is 10.6. The van der Waals surface area contributed by atoms with E-state index >= 15 is 0 Å². The molecule has 0 aromatic heterocycles. The van der Waals surface area contributed by atoms with Crippen LogP contribution >= 0.6 is 0 Å². The van der Waals surface area contributed by atoms with E-state index in [9.17, 15) is 14.4 Å². The van der Waals surface area contributed by atoms with Crippen LogP contribution in [0, 0.1) is 11.8 Å². The summed E-state index contributed by atoms with van der Waals surface area (Å²) in [7, 11) is 3.33. The van der Waals surface area contributed by atoms with Crippen molar-refractivity contribution in [2.75, 3.05) is 20.6 Å². The number of aliphatic carboxylic acids is 1. The van der Waals surface area contributed by atoms with Gasteiger partial charge in [-0.25, -0.2) is 0 Å². The van der Waals surface area contributed by atoms with Crippen LogP contribution in [0.3, 0.4) is 0 Å². The smallest absolute Gasteiger partial charge is 0.307 e. The third-order valence-electron chi connectivity index (χ3n) is 3.69. The molecule has 0 spiro atoms. The monoisotopic (exact) mass is 254 g/mol. The zero-order valence-electron chi connectivity index (χ0n) is 10.6. The van der Waals surface area contributed by atoms with Gasteiger partial charge < -0.3 is 14.9 Å². The van der Waals surface area contributed by atoms with Crippen LogP contribution in [0.5, 0.6) is 0 Å². The summed E-state index contributed by atoms with van der Waals surface area (Å²) < 4.78 is 0. The van der Waals surface area contributed by atoms with Crippen molar-refractivity contribution in [2.45, 2.75) is 25.3 Å². The molecule has 1 saturated carbocycles. The summed E-state index contributed by atoms with van der Waals surface area (Å²) in [6.07, 6.45) is 1.89. The Morgan fingerprint density at radius 1 is 1.22 bits per heavy atom. The molecule has 1 aliphatic heterocycles. The summed E-state index contributed by atoms with van der Waals surface area (Å²) in [6, 6.07) is -0.400. The molecule has 2 aliphatic rings. The molecule has 6 nitrogen and oxygen atoms in total. The van der Waals surface area contributed by atoms with Gasteiger partial charge in [-0.15, -0.1) is 0 Å². The van der Waals surface area contributed by atoms with E-state index in [1.54, 1.807) is 19.0 Å². The van der Waals surface area contributed by atoms with Crippen molar-refractivity contribution < 1.29 is 19.5 Å². The Morgan fingerprint density at radius 2 is 1.89 bits per heavy atom. The number of hydrogen-bond donors (Lipinski definition) is 1. The number of carbonyl (C=O) groups is 3. The molecule has 1 heterocycles. The molecule has 2 fully saturated rings. The minimum Gasteiger partial charge on any atom is -0.481 e. The Hall–Kier alpha value is -1.59. The van der Waals surface area contributed by atoms with Crippen molar-refractivity contribution in [1.82, 2.24) is 9.80 Å². The predicted molar refractivity (Wildman–Crippen MR) is 62.7 cm³/mol. The Morgan fingerprint density at radius 3 is 2.39 bits per heavy atom. The summed E-state index contributed by atoms with van der Waals surface area (Å²) >= 11 is 0. The van der Waals surface area contributed by atoms with Crippen molar-refractivity contribution in [3.8, 4) is 0 Å².